The maximum Gasteiger partial charge on any atom is 0.0315 e. The lowest BCUT2D eigenvalue weighted by atomic mass is 9.88. The zero-order valence-corrected chi connectivity index (χ0v) is 10.6. The molecule has 0 aliphatic heterocycles. The standard InChI is InChI=1S/C15H22N2/c1-11(14-3-2-6-16-9-14)17-10-15-8-12-4-5-13(15)7-12/h2-3,6,9,11-13,15,17H,4-5,7-8,10H2,1H3/t11-,12?,13?,15?/m1/s1. The molecule has 0 amide bonds. The summed E-state index contributed by atoms with van der Waals surface area (Å²) in [4.78, 5) is 4.18. The Morgan fingerprint density at radius 1 is 1.41 bits per heavy atom. The number of rotatable bonds is 4. The molecule has 2 saturated carbocycles. The van der Waals surface area contributed by atoms with E-state index in [0.717, 1.165) is 17.8 Å². The van der Waals surface area contributed by atoms with Gasteiger partial charge in [0.1, 0.15) is 0 Å². The fourth-order valence-electron chi connectivity index (χ4n) is 3.70. The second-order valence-corrected chi connectivity index (χ2v) is 5.85. The van der Waals surface area contributed by atoms with Crippen LogP contribution in [-0.4, -0.2) is 11.5 Å². The first-order valence-corrected chi connectivity index (χ1v) is 6.96. The lowest BCUT2D eigenvalue weighted by Crippen LogP contribution is -2.28. The Labute approximate surface area is 104 Å². The van der Waals surface area contributed by atoms with Gasteiger partial charge in [-0.1, -0.05) is 12.5 Å². The average Bonchev–Trinajstić information content (AvgIpc) is 2.99. The Hall–Kier alpha value is -0.890. The van der Waals surface area contributed by atoms with Gasteiger partial charge < -0.3 is 5.32 Å². The molecule has 2 heteroatoms. The monoisotopic (exact) mass is 230 g/mol. The van der Waals surface area contributed by atoms with Crippen molar-refractivity contribution in [3.8, 4) is 0 Å². The second-order valence-electron chi connectivity index (χ2n) is 5.85. The fraction of sp³-hybridized carbons (Fsp3) is 0.667. The summed E-state index contributed by atoms with van der Waals surface area (Å²) >= 11 is 0. The number of nitrogens with zero attached hydrogens (tertiary/aromatic N) is 1. The van der Waals surface area contributed by atoms with Gasteiger partial charge in [-0.2, -0.15) is 0 Å². The van der Waals surface area contributed by atoms with Crippen LogP contribution in [0.25, 0.3) is 0 Å². The van der Waals surface area contributed by atoms with Gasteiger partial charge in [-0.05, 0) is 62.1 Å². The van der Waals surface area contributed by atoms with Crippen LogP contribution in [-0.2, 0) is 0 Å². The normalized spacial score (nSPS) is 32.9. The van der Waals surface area contributed by atoms with Crippen molar-refractivity contribution in [2.45, 2.75) is 38.6 Å². The quantitative estimate of drug-likeness (QED) is 0.859. The van der Waals surface area contributed by atoms with Crippen LogP contribution in [0.2, 0.25) is 0 Å². The first kappa shape index (κ1) is 11.2. The Bertz CT molecular complexity index is 362. The minimum Gasteiger partial charge on any atom is -0.310 e. The molecule has 1 aromatic rings. The number of hydrogen-bond acceptors (Lipinski definition) is 2. The molecule has 92 valence electrons. The van der Waals surface area contributed by atoms with Crippen LogP contribution < -0.4 is 5.32 Å². The number of pyridine rings is 1. The molecule has 4 atom stereocenters. The first-order chi connectivity index (χ1) is 8.33. The highest BCUT2D eigenvalue weighted by atomic mass is 14.9. The van der Waals surface area contributed by atoms with E-state index in [9.17, 15) is 0 Å². The van der Waals surface area contributed by atoms with Gasteiger partial charge in [0.25, 0.3) is 0 Å². The summed E-state index contributed by atoms with van der Waals surface area (Å²) in [7, 11) is 0. The maximum atomic E-state index is 4.18. The summed E-state index contributed by atoms with van der Waals surface area (Å²) in [5.74, 6) is 3.02. The van der Waals surface area contributed by atoms with Gasteiger partial charge in [0.15, 0.2) is 0 Å². The summed E-state index contributed by atoms with van der Waals surface area (Å²) in [5.41, 5.74) is 1.30. The fourth-order valence-corrected chi connectivity index (χ4v) is 3.70. The molecule has 3 unspecified atom stereocenters. The highest BCUT2D eigenvalue weighted by Gasteiger charge is 2.39. The van der Waals surface area contributed by atoms with Crippen molar-refractivity contribution in [1.82, 2.24) is 10.3 Å². The minimum absolute atomic E-state index is 0.433. The highest BCUT2D eigenvalue weighted by molar-refractivity contribution is 5.12. The number of fused-ring (bicyclic) bond motifs is 2. The molecule has 17 heavy (non-hydrogen) atoms. The Morgan fingerprint density at radius 2 is 2.35 bits per heavy atom. The number of aromatic nitrogens is 1. The molecule has 2 aliphatic carbocycles. The molecule has 3 rings (SSSR count). The van der Waals surface area contributed by atoms with Crippen molar-refractivity contribution in [2.24, 2.45) is 17.8 Å². The van der Waals surface area contributed by atoms with Gasteiger partial charge in [-0.25, -0.2) is 0 Å². The second kappa shape index (κ2) is 4.77. The van der Waals surface area contributed by atoms with E-state index in [4.69, 9.17) is 0 Å². The van der Waals surface area contributed by atoms with Gasteiger partial charge in [-0.3, -0.25) is 4.98 Å². The van der Waals surface area contributed by atoms with E-state index in [0.29, 0.717) is 6.04 Å². The lowest BCUT2D eigenvalue weighted by Gasteiger charge is -2.24. The summed E-state index contributed by atoms with van der Waals surface area (Å²) in [6.45, 7) is 3.43. The summed E-state index contributed by atoms with van der Waals surface area (Å²) in [6.07, 6.45) is 9.77. The highest BCUT2D eigenvalue weighted by Crippen LogP contribution is 2.48. The van der Waals surface area contributed by atoms with E-state index in [-0.39, 0.29) is 0 Å². The zero-order valence-electron chi connectivity index (χ0n) is 10.6. The molecule has 1 heterocycles. The summed E-state index contributed by atoms with van der Waals surface area (Å²) in [6, 6.07) is 4.61. The molecule has 2 fully saturated rings. The molecule has 2 nitrogen and oxygen atoms in total. The number of hydrogen-bond donors (Lipinski definition) is 1. The van der Waals surface area contributed by atoms with Crippen LogP contribution in [0.3, 0.4) is 0 Å². The molecular weight excluding hydrogens is 208 g/mol. The molecule has 1 N–H and O–H groups in total. The van der Waals surface area contributed by atoms with E-state index in [1.165, 1.54) is 37.8 Å². The van der Waals surface area contributed by atoms with E-state index in [1.807, 2.05) is 18.5 Å². The Morgan fingerprint density at radius 3 is 3.00 bits per heavy atom. The van der Waals surface area contributed by atoms with E-state index < -0.39 is 0 Å². The molecule has 1 aromatic heterocycles. The molecule has 0 saturated heterocycles. The van der Waals surface area contributed by atoms with Gasteiger partial charge in [-0.15, -0.1) is 0 Å². The van der Waals surface area contributed by atoms with E-state index in [1.54, 1.807) is 0 Å². The molecule has 2 aliphatic rings. The van der Waals surface area contributed by atoms with Crippen LogP contribution in [0.5, 0.6) is 0 Å². The van der Waals surface area contributed by atoms with Crippen molar-refractivity contribution >= 4 is 0 Å². The third-order valence-electron chi connectivity index (χ3n) is 4.76. The number of nitrogens with one attached hydrogen (secondary N) is 1. The Kier molecular flexibility index (Phi) is 3.15. The Balaban J connectivity index is 1.51. The molecule has 0 aromatic carbocycles. The van der Waals surface area contributed by atoms with Crippen molar-refractivity contribution < 1.29 is 0 Å². The van der Waals surface area contributed by atoms with Crippen LogP contribution in [0.1, 0.15) is 44.2 Å². The smallest absolute Gasteiger partial charge is 0.0315 e. The van der Waals surface area contributed by atoms with E-state index in [2.05, 4.69) is 23.3 Å². The molecular formula is C15H22N2. The van der Waals surface area contributed by atoms with Gasteiger partial charge in [0.05, 0.1) is 0 Å². The molecule has 0 spiro atoms. The van der Waals surface area contributed by atoms with Crippen molar-refractivity contribution in [3.63, 3.8) is 0 Å². The molecule has 0 radical (unpaired) electrons. The third-order valence-corrected chi connectivity index (χ3v) is 4.76. The third kappa shape index (κ3) is 2.37. The summed E-state index contributed by atoms with van der Waals surface area (Å²) in [5, 5.41) is 3.69. The maximum absolute atomic E-state index is 4.18. The van der Waals surface area contributed by atoms with Crippen LogP contribution in [0.4, 0.5) is 0 Å². The SMILES string of the molecule is C[C@@H](NCC1CC2CCC1C2)c1cccnc1. The minimum atomic E-state index is 0.433. The molecule has 2 bridgehead atoms. The topological polar surface area (TPSA) is 24.9 Å². The predicted molar refractivity (Wildman–Crippen MR) is 69.6 cm³/mol. The van der Waals surface area contributed by atoms with Crippen molar-refractivity contribution in [2.75, 3.05) is 6.54 Å². The van der Waals surface area contributed by atoms with Crippen molar-refractivity contribution in [3.05, 3.63) is 30.1 Å². The zero-order chi connectivity index (χ0) is 11.7. The van der Waals surface area contributed by atoms with E-state index >= 15 is 0 Å². The van der Waals surface area contributed by atoms with Gasteiger partial charge in [0.2, 0.25) is 0 Å². The van der Waals surface area contributed by atoms with Crippen LogP contribution in [0.15, 0.2) is 24.5 Å². The van der Waals surface area contributed by atoms with Crippen LogP contribution >= 0.6 is 0 Å². The first-order valence-electron chi connectivity index (χ1n) is 6.96. The summed E-state index contributed by atoms with van der Waals surface area (Å²) < 4.78 is 0. The predicted octanol–water partition coefficient (Wildman–Crippen LogP) is 3.17. The van der Waals surface area contributed by atoms with Crippen molar-refractivity contribution in [1.29, 1.82) is 0 Å². The van der Waals surface area contributed by atoms with Crippen LogP contribution in [0, 0.1) is 17.8 Å². The largest absolute Gasteiger partial charge is 0.310 e. The average molecular weight is 230 g/mol. The van der Waals surface area contributed by atoms with Gasteiger partial charge >= 0.3 is 0 Å². The lowest BCUT2D eigenvalue weighted by molar-refractivity contribution is 0.309. The van der Waals surface area contributed by atoms with Gasteiger partial charge in [0, 0.05) is 18.4 Å².